The molecule has 0 saturated carbocycles. The summed E-state index contributed by atoms with van der Waals surface area (Å²) in [7, 11) is 0. The second-order valence-electron chi connectivity index (χ2n) is 4.85. The average Bonchev–Trinajstić information content (AvgIpc) is 2.76. The van der Waals surface area contributed by atoms with Crippen LogP contribution >= 0.6 is 11.6 Å². The number of nitrogens with two attached hydrogens (primary N) is 1. The molecule has 3 nitrogen and oxygen atoms in total. The summed E-state index contributed by atoms with van der Waals surface area (Å²) < 4.78 is 28.6. The van der Waals surface area contributed by atoms with Gasteiger partial charge in [-0.3, -0.25) is 4.57 Å². The maximum Gasteiger partial charge on any atom is 0.131 e. The number of hydrogen-bond acceptors (Lipinski definition) is 2. The quantitative estimate of drug-likeness (QED) is 0.778. The number of rotatable bonds is 2. The summed E-state index contributed by atoms with van der Waals surface area (Å²) in [6, 6.07) is 8.03. The third kappa shape index (κ3) is 2.50. The number of imidazole rings is 1. The number of nitrogens with zero attached hydrogens (tertiary/aromatic N) is 2. The highest BCUT2D eigenvalue weighted by Gasteiger charge is 2.17. The van der Waals surface area contributed by atoms with E-state index in [1.165, 1.54) is 12.1 Å². The van der Waals surface area contributed by atoms with E-state index in [0.29, 0.717) is 27.6 Å². The van der Waals surface area contributed by atoms with Gasteiger partial charge in [-0.05, 0) is 37.3 Å². The van der Waals surface area contributed by atoms with Crippen LogP contribution in [0.1, 0.15) is 18.8 Å². The molecule has 0 radical (unpaired) electrons. The molecule has 0 spiro atoms. The SMILES string of the molecule is CC(N)c1nc2ccc(Cl)cc2n1-c1cc(F)cc(F)c1. The van der Waals surface area contributed by atoms with E-state index in [1.807, 2.05) is 0 Å². The lowest BCUT2D eigenvalue weighted by Gasteiger charge is -2.12. The molecule has 3 rings (SSSR count). The van der Waals surface area contributed by atoms with Crippen LogP contribution in [0, 0.1) is 11.6 Å². The van der Waals surface area contributed by atoms with E-state index in [-0.39, 0.29) is 0 Å². The van der Waals surface area contributed by atoms with Crippen molar-refractivity contribution in [2.45, 2.75) is 13.0 Å². The van der Waals surface area contributed by atoms with E-state index < -0.39 is 17.7 Å². The van der Waals surface area contributed by atoms with Crippen LogP contribution < -0.4 is 5.73 Å². The van der Waals surface area contributed by atoms with Crippen molar-refractivity contribution in [3.8, 4) is 5.69 Å². The minimum atomic E-state index is -0.662. The first kappa shape index (κ1) is 14.0. The molecule has 0 aliphatic carbocycles. The van der Waals surface area contributed by atoms with E-state index in [9.17, 15) is 8.78 Å². The van der Waals surface area contributed by atoms with Crippen LogP contribution in [0.15, 0.2) is 36.4 Å². The second kappa shape index (κ2) is 5.09. The molecule has 0 aliphatic rings. The highest BCUT2D eigenvalue weighted by atomic mass is 35.5. The molecular formula is C15H12ClF2N3. The molecule has 0 saturated heterocycles. The third-order valence-electron chi connectivity index (χ3n) is 3.16. The summed E-state index contributed by atoms with van der Waals surface area (Å²) in [6.45, 7) is 1.76. The summed E-state index contributed by atoms with van der Waals surface area (Å²) in [6.07, 6.45) is 0. The Morgan fingerprint density at radius 1 is 1.14 bits per heavy atom. The van der Waals surface area contributed by atoms with E-state index in [1.54, 1.807) is 29.7 Å². The molecule has 108 valence electrons. The Hall–Kier alpha value is -1.98. The van der Waals surface area contributed by atoms with Crippen molar-refractivity contribution < 1.29 is 8.78 Å². The molecule has 3 aromatic rings. The Morgan fingerprint density at radius 3 is 2.43 bits per heavy atom. The molecule has 21 heavy (non-hydrogen) atoms. The van der Waals surface area contributed by atoms with Crippen molar-refractivity contribution in [3.63, 3.8) is 0 Å². The van der Waals surface area contributed by atoms with Gasteiger partial charge in [-0.1, -0.05) is 11.6 Å². The Morgan fingerprint density at radius 2 is 1.81 bits per heavy atom. The predicted molar refractivity (Wildman–Crippen MR) is 78.6 cm³/mol. The van der Waals surface area contributed by atoms with Gasteiger partial charge in [0.05, 0.1) is 22.8 Å². The highest BCUT2D eigenvalue weighted by Crippen LogP contribution is 2.27. The van der Waals surface area contributed by atoms with Crippen molar-refractivity contribution in [3.05, 3.63) is 58.9 Å². The van der Waals surface area contributed by atoms with Gasteiger partial charge in [0.25, 0.3) is 0 Å². The van der Waals surface area contributed by atoms with Gasteiger partial charge in [-0.2, -0.15) is 0 Å². The van der Waals surface area contributed by atoms with Crippen molar-refractivity contribution in [2.75, 3.05) is 0 Å². The van der Waals surface area contributed by atoms with Gasteiger partial charge in [0.15, 0.2) is 0 Å². The molecule has 1 heterocycles. The van der Waals surface area contributed by atoms with Gasteiger partial charge in [0, 0.05) is 11.1 Å². The van der Waals surface area contributed by atoms with Crippen molar-refractivity contribution >= 4 is 22.6 Å². The number of benzene rings is 2. The molecule has 0 fully saturated rings. The van der Waals surface area contributed by atoms with Crippen LogP contribution in [0.4, 0.5) is 8.78 Å². The van der Waals surface area contributed by atoms with Gasteiger partial charge in [0.1, 0.15) is 17.5 Å². The van der Waals surface area contributed by atoms with Gasteiger partial charge in [0.2, 0.25) is 0 Å². The minimum absolute atomic E-state index is 0.324. The summed E-state index contributed by atoms with van der Waals surface area (Å²) in [5.41, 5.74) is 7.57. The lowest BCUT2D eigenvalue weighted by molar-refractivity contribution is 0.580. The largest absolute Gasteiger partial charge is 0.322 e. The Kier molecular flexibility index (Phi) is 3.39. The molecule has 1 atom stereocenters. The van der Waals surface area contributed by atoms with Crippen molar-refractivity contribution in [2.24, 2.45) is 5.73 Å². The van der Waals surface area contributed by atoms with E-state index >= 15 is 0 Å². The molecule has 0 aliphatic heterocycles. The fraction of sp³-hybridized carbons (Fsp3) is 0.133. The first-order valence-corrected chi connectivity index (χ1v) is 6.73. The standard InChI is InChI=1S/C15H12ClF2N3/c1-8(19)15-20-13-3-2-9(16)4-14(13)21(15)12-6-10(17)5-11(18)7-12/h2-8H,19H2,1H3. The Balaban J connectivity index is 2.38. The van der Waals surface area contributed by atoms with Crippen LogP contribution in [0.2, 0.25) is 5.02 Å². The summed E-state index contributed by atoms with van der Waals surface area (Å²) in [4.78, 5) is 4.42. The highest BCUT2D eigenvalue weighted by molar-refractivity contribution is 6.31. The van der Waals surface area contributed by atoms with Crippen LogP contribution in [-0.2, 0) is 0 Å². The van der Waals surface area contributed by atoms with Gasteiger partial charge < -0.3 is 5.73 Å². The van der Waals surface area contributed by atoms with Crippen LogP contribution in [0.25, 0.3) is 16.7 Å². The summed E-state index contributed by atoms with van der Waals surface area (Å²) in [5.74, 6) is -0.814. The van der Waals surface area contributed by atoms with E-state index in [4.69, 9.17) is 17.3 Å². The molecular weight excluding hydrogens is 296 g/mol. The fourth-order valence-electron chi connectivity index (χ4n) is 2.31. The fourth-order valence-corrected chi connectivity index (χ4v) is 2.48. The van der Waals surface area contributed by atoms with Crippen LogP contribution in [-0.4, -0.2) is 9.55 Å². The molecule has 0 bridgehead atoms. The molecule has 2 aromatic carbocycles. The van der Waals surface area contributed by atoms with Crippen molar-refractivity contribution in [1.29, 1.82) is 0 Å². The average molecular weight is 308 g/mol. The number of hydrogen-bond donors (Lipinski definition) is 1. The summed E-state index contributed by atoms with van der Waals surface area (Å²) in [5, 5.41) is 0.511. The van der Waals surface area contributed by atoms with E-state index in [0.717, 1.165) is 6.07 Å². The van der Waals surface area contributed by atoms with Gasteiger partial charge in [-0.25, -0.2) is 13.8 Å². The zero-order valence-corrected chi connectivity index (χ0v) is 11.9. The molecule has 0 amide bonds. The van der Waals surface area contributed by atoms with Gasteiger partial charge >= 0.3 is 0 Å². The molecule has 1 unspecified atom stereocenters. The molecule has 2 N–H and O–H groups in total. The molecule has 1 aromatic heterocycles. The maximum atomic E-state index is 13.5. The number of halogens is 3. The lowest BCUT2D eigenvalue weighted by Crippen LogP contribution is -2.12. The number of aromatic nitrogens is 2. The van der Waals surface area contributed by atoms with Crippen LogP contribution in [0.3, 0.4) is 0 Å². The smallest absolute Gasteiger partial charge is 0.131 e. The maximum absolute atomic E-state index is 13.5. The Labute approximate surface area is 125 Å². The minimum Gasteiger partial charge on any atom is -0.322 e. The predicted octanol–water partition coefficient (Wildman–Crippen LogP) is 3.98. The summed E-state index contributed by atoms with van der Waals surface area (Å²) >= 11 is 6.01. The van der Waals surface area contributed by atoms with Crippen molar-refractivity contribution in [1.82, 2.24) is 9.55 Å². The Bertz CT molecular complexity index is 807. The third-order valence-corrected chi connectivity index (χ3v) is 3.39. The zero-order valence-electron chi connectivity index (χ0n) is 11.1. The van der Waals surface area contributed by atoms with Crippen LogP contribution in [0.5, 0.6) is 0 Å². The van der Waals surface area contributed by atoms with E-state index in [2.05, 4.69) is 4.98 Å². The topological polar surface area (TPSA) is 43.8 Å². The normalized spacial score (nSPS) is 12.8. The molecule has 6 heteroatoms. The zero-order chi connectivity index (χ0) is 15.1. The second-order valence-corrected chi connectivity index (χ2v) is 5.29. The monoisotopic (exact) mass is 307 g/mol. The lowest BCUT2D eigenvalue weighted by atomic mass is 10.2. The first-order valence-electron chi connectivity index (χ1n) is 6.35. The number of fused-ring (bicyclic) bond motifs is 1. The van der Waals surface area contributed by atoms with Gasteiger partial charge in [-0.15, -0.1) is 0 Å². The first-order chi connectivity index (χ1) is 9.95.